The molecule has 2 unspecified atom stereocenters. The van der Waals surface area contributed by atoms with Crippen molar-refractivity contribution in [1.82, 2.24) is 5.32 Å². The number of carbonyl (C=O) groups is 2. The lowest BCUT2D eigenvalue weighted by atomic mass is 9.76. The van der Waals surface area contributed by atoms with E-state index in [-0.39, 0.29) is 0 Å². The lowest BCUT2D eigenvalue weighted by Gasteiger charge is -2.35. The molecule has 1 saturated heterocycles. The third-order valence-corrected chi connectivity index (χ3v) is 3.53. The molecule has 2 fully saturated rings. The maximum absolute atomic E-state index is 9.55. The molecule has 2 atom stereocenters. The van der Waals surface area contributed by atoms with Crippen molar-refractivity contribution < 1.29 is 19.8 Å². The van der Waals surface area contributed by atoms with Crippen LogP contribution in [0.1, 0.15) is 32.1 Å². The number of rotatable bonds is 2. The molecule has 1 heterocycles. The van der Waals surface area contributed by atoms with Crippen molar-refractivity contribution in [3.8, 4) is 0 Å². The lowest BCUT2D eigenvalue weighted by Crippen LogP contribution is -2.38. The van der Waals surface area contributed by atoms with Crippen molar-refractivity contribution in [1.29, 1.82) is 0 Å². The van der Waals surface area contributed by atoms with Crippen LogP contribution in [0, 0.1) is 11.8 Å². The van der Waals surface area contributed by atoms with Crippen LogP contribution in [0.4, 0.5) is 0 Å². The number of aliphatic carboxylic acids is 2. The first-order valence-corrected chi connectivity index (χ1v) is 6.44. The smallest absolute Gasteiger partial charge is 0.328 e. The zero-order valence-corrected chi connectivity index (χ0v) is 10.5. The van der Waals surface area contributed by atoms with E-state index in [1.165, 1.54) is 45.2 Å². The second-order valence-corrected chi connectivity index (χ2v) is 4.81. The monoisotopic (exact) mass is 255 g/mol. The predicted octanol–water partition coefficient (Wildman–Crippen LogP) is 1.50. The molecule has 0 spiro atoms. The van der Waals surface area contributed by atoms with E-state index in [1.807, 2.05) is 0 Å². The number of carboxylic acid groups (broad SMARTS) is 2. The van der Waals surface area contributed by atoms with Crippen LogP contribution >= 0.6 is 0 Å². The third kappa shape index (κ3) is 5.82. The molecule has 0 aromatic heterocycles. The summed E-state index contributed by atoms with van der Waals surface area (Å²) in [5, 5.41) is 19.1. The van der Waals surface area contributed by atoms with Crippen LogP contribution in [-0.4, -0.2) is 35.2 Å². The van der Waals surface area contributed by atoms with Crippen LogP contribution in [0.25, 0.3) is 0 Å². The van der Waals surface area contributed by atoms with Crippen molar-refractivity contribution in [3.63, 3.8) is 0 Å². The van der Waals surface area contributed by atoms with E-state index in [9.17, 15) is 9.59 Å². The molecule has 3 N–H and O–H groups in total. The van der Waals surface area contributed by atoms with Gasteiger partial charge in [-0.05, 0) is 37.8 Å². The summed E-state index contributed by atoms with van der Waals surface area (Å²) in [6.07, 6.45) is 8.57. The highest BCUT2D eigenvalue weighted by Gasteiger charge is 2.26. The fourth-order valence-electron chi connectivity index (χ4n) is 2.65. The van der Waals surface area contributed by atoms with E-state index >= 15 is 0 Å². The number of hydrogen-bond acceptors (Lipinski definition) is 3. The summed E-state index contributed by atoms with van der Waals surface area (Å²) in [6, 6.07) is 0. The van der Waals surface area contributed by atoms with Crippen molar-refractivity contribution in [2.75, 3.05) is 13.1 Å². The molecule has 1 aliphatic carbocycles. The molecule has 0 amide bonds. The third-order valence-electron chi connectivity index (χ3n) is 3.53. The number of nitrogens with one attached hydrogen (secondary N) is 1. The van der Waals surface area contributed by atoms with E-state index in [2.05, 4.69) is 5.32 Å². The minimum absolute atomic E-state index is 0.558. The molecule has 1 saturated carbocycles. The summed E-state index contributed by atoms with van der Waals surface area (Å²) in [7, 11) is 0. The number of hydrogen-bond donors (Lipinski definition) is 3. The Labute approximate surface area is 107 Å². The van der Waals surface area contributed by atoms with Gasteiger partial charge in [-0.3, -0.25) is 0 Å². The van der Waals surface area contributed by atoms with Gasteiger partial charge < -0.3 is 15.5 Å². The molecule has 5 heteroatoms. The minimum Gasteiger partial charge on any atom is -0.478 e. The standard InChI is InChI=1S/C9H17N.C4H4O4/c1-2-4-9-7-10-6-5-8(9)3-1;5-3(6)1-2-4(7)8/h8-10H,1-7H2;1-2H,(H,5,6)(H,7,8). The zero-order chi connectivity index (χ0) is 13.4. The van der Waals surface area contributed by atoms with E-state index in [0.29, 0.717) is 12.2 Å². The number of piperidine rings is 1. The molecule has 0 aromatic rings. The van der Waals surface area contributed by atoms with Gasteiger partial charge in [0.2, 0.25) is 0 Å². The first-order chi connectivity index (χ1) is 8.59. The summed E-state index contributed by atoms with van der Waals surface area (Å²) in [5.74, 6) is -0.377. The second-order valence-electron chi connectivity index (χ2n) is 4.81. The van der Waals surface area contributed by atoms with Crippen LogP contribution in [0.2, 0.25) is 0 Å². The highest BCUT2D eigenvalue weighted by Crippen LogP contribution is 2.33. The molecular formula is C13H21NO4. The van der Waals surface area contributed by atoms with Gasteiger partial charge in [-0.15, -0.1) is 0 Å². The molecule has 102 valence electrons. The quantitative estimate of drug-likeness (QED) is 0.651. The fourth-order valence-corrected chi connectivity index (χ4v) is 2.65. The van der Waals surface area contributed by atoms with Gasteiger partial charge in [0.05, 0.1) is 0 Å². The molecule has 2 rings (SSSR count). The highest BCUT2D eigenvalue weighted by molar-refractivity contribution is 5.89. The summed E-state index contributed by atoms with van der Waals surface area (Å²) in [5.41, 5.74) is 0. The van der Waals surface area contributed by atoms with Crippen molar-refractivity contribution in [2.45, 2.75) is 32.1 Å². The maximum atomic E-state index is 9.55. The van der Waals surface area contributed by atoms with Gasteiger partial charge in [0.1, 0.15) is 0 Å². The van der Waals surface area contributed by atoms with Gasteiger partial charge in [-0.1, -0.05) is 19.3 Å². The molecule has 5 nitrogen and oxygen atoms in total. The Kier molecular flexibility index (Phi) is 6.43. The van der Waals surface area contributed by atoms with Crippen LogP contribution < -0.4 is 5.32 Å². The molecule has 2 aliphatic rings. The minimum atomic E-state index is -1.26. The summed E-state index contributed by atoms with van der Waals surface area (Å²) in [6.45, 7) is 2.59. The van der Waals surface area contributed by atoms with Crippen LogP contribution in [0.5, 0.6) is 0 Å². The lowest BCUT2D eigenvalue weighted by molar-refractivity contribution is -0.134. The Bertz CT molecular complexity index is 272. The Hall–Kier alpha value is -1.36. The van der Waals surface area contributed by atoms with Gasteiger partial charge >= 0.3 is 11.9 Å². The Morgan fingerprint density at radius 3 is 2.00 bits per heavy atom. The molecular weight excluding hydrogens is 234 g/mol. The Morgan fingerprint density at radius 1 is 0.944 bits per heavy atom. The fraction of sp³-hybridized carbons (Fsp3) is 0.692. The molecule has 0 radical (unpaired) electrons. The van der Waals surface area contributed by atoms with Crippen molar-refractivity contribution >= 4 is 11.9 Å². The van der Waals surface area contributed by atoms with Gasteiger partial charge in [-0.2, -0.15) is 0 Å². The Balaban J connectivity index is 0.000000187. The number of carboxylic acids is 2. The van der Waals surface area contributed by atoms with Crippen LogP contribution in [0.15, 0.2) is 12.2 Å². The van der Waals surface area contributed by atoms with E-state index in [0.717, 1.165) is 11.8 Å². The molecule has 18 heavy (non-hydrogen) atoms. The second kappa shape index (κ2) is 7.87. The average molecular weight is 255 g/mol. The van der Waals surface area contributed by atoms with E-state index in [4.69, 9.17) is 10.2 Å². The normalized spacial score (nSPS) is 26.9. The average Bonchev–Trinajstić information content (AvgIpc) is 2.37. The van der Waals surface area contributed by atoms with Crippen molar-refractivity contribution in [2.24, 2.45) is 11.8 Å². The SMILES string of the molecule is C1CCC2CNCCC2C1.O=C(O)C=CC(=O)O. The van der Waals surface area contributed by atoms with Gasteiger partial charge in [0.15, 0.2) is 0 Å². The topological polar surface area (TPSA) is 86.6 Å². The summed E-state index contributed by atoms with van der Waals surface area (Å²) < 4.78 is 0. The zero-order valence-electron chi connectivity index (χ0n) is 10.5. The highest BCUT2D eigenvalue weighted by atomic mass is 16.4. The van der Waals surface area contributed by atoms with E-state index in [1.54, 1.807) is 0 Å². The molecule has 1 aliphatic heterocycles. The largest absolute Gasteiger partial charge is 0.478 e. The van der Waals surface area contributed by atoms with Crippen molar-refractivity contribution in [3.05, 3.63) is 12.2 Å². The first-order valence-electron chi connectivity index (χ1n) is 6.44. The van der Waals surface area contributed by atoms with E-state index < -0.39 is 11.9 Å². The predicted molar refractivity (Wildman–Crippen MR) is 67.3 cm³/mol. The van der Waals surface area contributed by atoms with Gasteiger partial charge in [0.25, 0.3) is 0 Å². The van der Waals surface area contributed by atoms with Crippen LogP contribution in [0.3, 0.4) is 0 Å². The van der Waals surface area contributed by atoms with Gasteiger partial charge in [-0.25, -0.2) is 9.59 Å². The van der Waals surface area contributed by atoms with Gasteiger partial charge in [0, 0.05) is 12.2 Å². The summed E-state index contributed by atoms with van der Waals surface area (Å²) in [4.78, 5) is 19.1. The molecule has 0 aromatic carbocycles. The number of fused-ring (bicyclic) bond motifs is 1. The molecule has 0 bridgehead atoms. The summed E-state index contributed by atoms with van der Waals surface area (Å²) >= 11 is 0. The first kappa shape index (κ1) is 14.7. The Morgan fingerprint density at radius 2 is 1.50 bits per heavy atom. The van der Waals surface area contributed by atoms with Crippen LogP contribution in [-0.2, 0) is 9.59 Å². The maximum Gasteiger partial charge on any atom is 0.328 e.